The smallest absolute Gasteiger partial charge is 0.147 e. The van der Waals surface area contributed by atoms with Gasteiger partial charge in [0.1, 0.15) is 11.6 Å². The van der Waals surface area contributed by atoms with Gasteiger partial charge in [0.05, 0.1) is 11.9 Å². The second-order valence-electron chi connectivity index (χ2n) is 1.77. The Morgan fingerprint density at radius 1 is 1.44 bits per heavy atom. The van der Waals surface area contributed by atoms with Gasteiger partial charge >= 0.3 is 0 Å². The van der Waals surface area contributed by atoms with Gasteiger partial charge < -0.3 is 11.5 Å². The lowest BCUT2D eigenvalue weighted by Gasteiger charge is -1.96. The van der Waals surface area contributed by atoms with Crippen LogP contribution in [-0.4, -0.2) is 9.97 Å². The molecule has 9 heavy (non-hydrogen) atoms. The van der Waals surface area contributed by atoms with Gasteiger partial charge in [0.2, 0.25) is 0 Å². The molecule has 0 aromatic carbocycles. The third-order valence-corrected chi connectivity index (χ3v) is 1.01. The lowest BCUT2D eigenvalue weighted by molar-refractivity contribution is 1.14. The lowest BCUT2D eigenvalue weighted by Crippen LogP contribution is -1.99. The second kappa shape index (κ2) is 1.89. The van der Waals surface area contributed by atoms with Gasteiger partial charge in [0, 0.05) is 0 Å². The van der Waals surface area contributed by atoms with Crippen molar-refractivity contribution in [3.8, 4) is 0 Å². The number of nitrogens with two attached hydrogens (primary N) is 2. The van der Waals surface area contributed by atoms with Crippen LogP contribution in [0.4, 0.5) is 11.6 Å². The summed E-state index contributed by atoms with van der Waals surface area (Å²) in [7, 11) is 0. The third-order valence-electron chi connectivity index (χ3n) is 1.01. The van der Waals surface area contributed by atoms with E-state index >= 15 is 0 Å². The first-order valence-corrected chi connectivity index (χ1v) is 2.55. The third kappa shape index (κ3) is 1.07. The van der Waals surface area contributed by atoms with Crippen LogP contribution in [0.25, 0.3) is 0 Å². The van der Waals surface area contributed by atoms with Gasteiger partial charge in [0.25, 0.3) is 0 Å². The van der Waals surface area contributed by atoms with E-state index in [-0.39, 0.29) is 0 Å². The van der Waals surface area contributed by atoms with Crippen LogP contribution in [0.2, 0.25) is 0 Å². The summed E-state index contributed by atoms with van der Waals surface area (Å²) >= 11 is 0. The van der Waals surface area contributed by atoms with Gasteiger partial charge in [-0.3, -0.25) is 4.98 Å². The van der Waals surface area contributed by atoms with Crippen molar-refractivity contribution in [2.75, 3.05) is 11.5 Å². The Labute approximate surface area is 52.9 Å². The van der Waals surface area contributed by atoms with Crippen LogP contribution >= 0.6 is 0 Å². The molecule has 1 rings (SSSR count). The monoisotopic (exact) mass is 124 g/mol. The first kappa shape index (κ1) is 5.81. The number of aryl methyl sites for hydroxylation is 1. The standard InChI is InChI=1S/C5H8N4/c1-3-5(7)9-4(6)2-8-3/h2H,1H3,(H4,6,7,9). The normalized spacial score (nSPS) is 9.44. The number of hydrogen-bond donors (Lipinski definition) is 2. The first-order chi connectivity index (χ1) is 4.20. The zero-order chi connectivity index (χ0) is 6.85. The van der Waals surface area contributed by atoms with Crippen LogP contribution in [0.15, 0.2) is 6.20 Å². The second-order valence-corrected chi connectivity index (χ2v) is 1.77. The largest absolute Gasteiger partial charge is 0.382 e. The summed E-state index contributed by atoms with van der Waals surface area (Å²) in [4.78, 5) is 7.63. The quantitative estimate of drug-likeness (QED) is 0.508. The van der Waals surface area contributed by atoms with Gasteiger partial charge in [-0.2, -0.15) is 0 Å². The van der Waals surface area contributed by atoms with E-state index in [4.69, 9.17) is 11.5 Å². The molecule has 0 amide bonds. The fourth-order valence-corrected chi connectivity index (χ4v) is 0.478. The summed E-state index contributed by atoms with van der Waals surface area (Å²) in [6.45, 7) is 1.78. The van der Waals surface area contributed by atoms with E-state index in [0.29, 0.717) is 17.3 Å². The van der Waals surface area contributed by atoms with Gasteiger partial charge in [-0.25, -0.2) is 4.98 Å². The predicted octanol–water partition coefficient (Wildman–Crippen LogP) is -0.0506. The fourth-order valence-electron chi connectivity index (χ4n) is 0.478. The fraction of sp³-hybridized carbons (Fsp3) is 0.200. The lowest BCUT2D eigenvalue weighted by atomic mass is 10.4. The van der Waals surface area contributed by atoms with E-state index in [2.05, 4.69) is 9.97 Å². The topological polar surface area (TPSA) is 77.8 Å². The minimum Gasteiger partial charge on any atom is -0.382 e. The highest BCUT2D eigenvalue weighted by molar-refractivity contribution is 5.39. The summed E-state index contributed by atoms with van der Waals surface area (Å²) in [6, 6.07) is 0. The van der Waals surface area contributed by atoms with E-state index in [1.54, 1.807) is 6.92 Å². The molecule has 4 heteroatoms. The van der Waals surface area contributed by atoms with E-state index in [9.17, 15) is 0 Å². The number of aromatic nitrogens is 2. The highest BCUT2D eigenvalue weighted by Crippen LogP contribution is 2.03. The average molecular weight is 124 g/mol. The molecule has 1 aromatic rings. The molecule has 0 aliphatic carbocycles. The van der Waals surface area contributed by atoms with Gasteiger partial charge in [-0.05, 0) is 6.92 Å². The van der Waals surface area contributed by atoms with E-state index in [1.165, 1.54) is 6.20 Å². The van der Waals surface area contributed by atoms with Crippen LogP contribution in [0.3, 0.4) is 0 Å². The van der Waals surface area contributed by atoms with Crippen LogP contribution in [0.5, 0.6) is 0 Å². The minimum atomic E-state index is 0.359. The van der Waals surface area contributed by atoms with Gasteiger partial charge in [-0.1, -0.05) is 0 Å². The summed E-state index contributed by atoms with van der Waals surface area (Å²) in [5.41, 5.74) is 11.4. The molecule has 0 saturated carbocycles. The van der Waals surface area contributed by atoms with Crippen molar-refractivity contribution in [3.63, 3.8) is 0 Å². The summed E-state index contributed by atoms with van der Waals surface area (Å²) in [5.74, 6) is 0.758. The summed E-state index contributed by atoms with van der Waals surface area (Å²) in [6.07, 6.45) is 1.48. The summed E-state index contributed by atoms with van der Waals surface area (Å²) < 4.78 is 0. The minimum absolute atomic E-state index is 0.359. The maximum Gasteiger partial charge on any atom is 0.147 e. The highest BCUT2D eigenvalue weighted by atomic mass is 15.0. The number of nitrogen functional groups attached to an aromatic ring is 2. The number of anilines is 2. The zero-order valence-electron chi connectivity index (χ0n) is 5.13. The Morgan fingerprint density at radius 3 is 2.56 bits per heavy atom. The SMILES string of the molecule is Cc1ncc(N)nc1N. The van der Waals surface area contributed by atoms with Crippen molar-refractivity contribution in [1.29, 1.82) is 0 Å². The predicted molar refractivity (Wildman–Crippen MR) is 35.6 cm³/mol. The Morgan fingerprint density at radius 2 is 2.11 bits per heavy atom. The number of rotatable bonds is 0. The van der Waals surface area contributed by atoms with Gasteiger partial charge in [-0.15, -0.1) is 0 Å². The molecule has 0 unspecified atom stereocenters. The van der Waals surface area contributed by atoms with Gasteiger partial charge in [0.15, 0.2) is 0 Å². The molecule has 4 N–H and O–H groups in total. The van der Waals surface area contributed by atoms with Crippen LogP contribution in [0.1, 0.15) is 5.69 Å². The first-order valence-electron chi connectivity index (χ1n) is 2.55. The summed E-state index contributed by atoms with van der Waals surface area (Å²) in [5, 5.41) is 0. The molecular weight excluding hydrogens is 116 g/mol. The van der Waals surface area contributed by atoms with Crippen molar-refractivity contribution < 1.29 is 0 Å². The number of hydrogen-bond acceptors (Lipinski definition) is 4. The molecule has 4 nitrogen and oxygen atoms in total. The Bertz CT molecular complexity index is 220. The average Bonchev–Trinajstić information content (AvgIpc) is 1.80. The van der Waals surface area contributed by atoms with Crippen molar-refractivity contribution in [2.24, 2.45) is 0 Å². The van der Waals surface area contributed by atoms with Crippen LogP contribution in [-0.2, 0) is 0 Å². The van der Waals surface area contributed by atoms with Crippen molar-refractivity contribution in [3.05, 3.63) is 11.9 Å². The molecule has 0 bridgehead atoms. The molecule has 0 fully saturated rings. The molecule has 0 aliphatic heterocycles. The van der Waals surface area contributed by atoms with Crippen LogP contribution < -0.4 is 11.5 Å². The Kier molecular flexibility index (Phi) is 1.22. The van der Waals surface area contributed by atoms with Crippen molar-refractivity contribution >= 4 is 11.6 Å². The molecule has 0 saturated heterocycles. The molecule has 0 aliphatic rings. The Balaban J connectivity index is 3.17. The molecule has 0 atom stereocenters. The van der Waals surface area contributed by atoms with Crippen molar-refractivity contribution in [2.45, 2.75) is 6.92 Å². The Hall–Kier alpha value is -1.32. The number of nitrogens with zero attached hydrogens (tertiary/aromatic N) is 2. The molecule has 48 valence electrons. The molecule has 1 aromatic heterocycles. The maximum absolute atomic E-state index is 5.37. The maximum atomic E-state index is 5.37. The molecule has 1 heterocycles. The highest BCUT2D eigenvalue weighted by Gasteiger charge is 1.93. The molecule has 0 spiro atoms. The van der Waals surface area contributed by atoms with E-state index in [1.807, 2.05) is 0 Å². The zero-order valence-corrected chi connectivity index (χ0v) is 5.13. The molecular formula is C5H8N4. The van der Waals surface area contributed by atoms with Crippen LogP contribution in [0, 0.1) is 6.92 Å². The van der Waals surface area contributed by atoms with E-state index in [0.717, 1.165) is 0 Å². The molecule has 0 radical (unpaired) electrons. The van der Waals surface area contributed by atoms with Crippen molar-refractivity contribution in [1.82, 2.24) is 9.97 Å². The van der Waals surface area contributed by atoms with E-state index < -0.39 is 0 Å².